The average molecular weight is 253 g/mol. The summed E-state index contributed by atoms with van der Waals surface area (Å²) in [7, 11) is 0. The molecular weight excluding hydrogens is 234 g/mol. The second kappa shape index (κ2) is 5.36. The summed E-state index contributed by atoms with van der Waals surface area (Å²) in [6.07, 6.45) is 3.47. The number of carbonyl (C=O) groups excluding carboxylic acids is 1. The van der Waals surface area contributed by atoms with E-state index in [1.807, 2.05) is 4.90 Å². The molecule has 2 atom stereocenters. The Morgan fingerprint density at radius 1 is 1.61 bits per heavy atom. The Hall–Kier alpha value is -1.60. The maximum absolute atomic E-state index is 11.0. The molecule has 1 aliphatic rings. The van der Waals surface area contributed by atoms with Crippen LogP contribution >= 0.6 is 0 Å². The normalized spacial score (nSPS) is 22.2. The molecule has 1 aliphatic heterocycles. The zero-order valence-electron chi connectivity index (χ0n) is 10.2. The van der Waals surface area contributed by atoms with E-state index in [1.54, 1.807) is 17.1 Å². The van der Waals surface area contributed by atoms with Crippen molar-refractivity contribution in [3.05, 3.63) is 12.4 Å². The van der Waals surface area contributed by atoms with Crippen LogP contribution in [0.5, 0.6) is 0 Å². The summed E-state index contributed by atoms with van der Waals surface area (Å²) in [4.78, 5) is 13.1. The topological polar surface area (TPSA) is 110 Å². The number of nitrogens with zero attached hydrogens (tertiary/aromatic N) is 3. The van der Waals surface area contributed by atoms with Crippen LogP contribution in [0.25, 0.3) is 0 Å². The first kappa shape index (κ1) is 12.8. The molecule has 1 amide bonds. The van der Waals surface area contributed by atoms with Gasteiger partial charge in [-0.15, -0.1) is 0 Å². The zero-order chi connectivity index (χ0) is 13.1. The standard InChI is InChI=1S/C11H19N5O2/c12-9-3-14-16(5-9)7-10(17)6-15-2-1-8(4-15)11(13)18/h3,5,8,10,17H,1-2,4,6-7,12H2,(H2,13,18). The van der Waals surface area contributed by atoms with Gasteiger partial charge in [0, 0.05) is 19.3 Å². The van der Waals surface area contributed by atoms with Crippen LogP contribution in [-0.2, 0) is 11.3 Å². The van der Waals surface area contributed by atoms with Gasteiger partial charge in [-0.3, -0.25) is 14.4 Å². The zero-order valence-corrected chi connectivity index (χ0v) is 10.2. The predicted molar refractivity (Wildman–Crippen MR) is 66.4 cm³/mol. The van der Waals surface area contributed by atoms with Crippen LogP contribution in [0.15, 0.2) is 12.4 Å². The summed E-state index contributed by atoms with van der Waals surface area (Å²) in [6, 6.07) is 0. The van der Waals surface area contributed by atoms with Crippen molar-refractivity contribution in [2.24, 2.45) is 11.7 Å². The van der Waals surface area contributed by atoms with Gasteiger partial charge in [-0.05, 0) is 13.0 Å². The Kier molecular flexibility index (Phi) is 3.83. The van der Waals surface area contributed by atoms with E-state index >= 15 is 0 Å². The van der Waals surface area contributed by atoms with Crippen LogP contribution in [0.3, 0.4) is 0 Å². The maximum Gasteiger partial charge on any atom is 0.221 e. The van der Waals surface area contributed by atoms with Gasteiger partial charge in [0.2, 0.25) is 5.91 Å². The molecule has 1 fully saturated rings. The third-order valence-corrected chi connectivity index (χ3v) is 3.19. The molecule has 0 spiro atoms. The number of likely N-dealkylation sites (tertiary alicyclic amines) is 1. The number of hydrogen-bond donors (Lipinski definition) is 3. The van der Waals surface area contributed by atoms with Gasteiger partial charge in [0.1, 0.15) is 0 Å². The largest absolute Gasteiger partial charge is 0.396 e. The number of primary amides is 1. The summed E-state index contributed by atoms with van der Waals surface area (Å²) in [6.45, 7) is 2.35. The first-order valence-corrected chi connectivity index (χ1v) is 6.02. The van der Waals surface area contributed by atoms with E-state index in [1.165, 1.54) is 0 Å². The molecule has 2 rings (SSSR count). The number of nitrogens with two attached hydrogens (primary N) is 2. The minimum absolute atomic E-state index is 0.0856. The lowest BCUT2D eigenvalue weighted by atomic mass is 10.1. The molecule has 0 radical (unpaired) electrons. The Bertz CT molecular complexity index is 419. The highest BCUT2D eigenvalue weighted by molar-refractivity contribution is 5.77. The fourth-order valence-corrected chi connectivity index (χ4v) is 2.28. The van der Waals surface area contributed by atoms with Crippen LogP contribution in [0.2, 0.25) is 0 Å². The van der Waals surface area contributed by atoms with Gasteiger partial charge in [0.25, 0.3) is 0 Å². The number of amides is 1. The first-order chi connectivity index (χ1) is 8.54. The highest BCUT2D eigenvalue weighted by Crippen LogP contribution is 2.15. The molecule has 0 aliphatic carbocycles. The van der Waals surface area contributed by atoms with Gasteiger partial charge in [0.15, 0.2) is 0 Å². The number of carbonyl (C=O) groups is 1. The second-order valence-corrected chi connectivity index (χ2v) is 4.80. The smallest absolute Gasteiger partial charge is 0.221 e. The van der Waals surface area contributed by atoms with Crippen LogP contribution in [0.4, 0.5) is 5.69 Å². The summed E-state index contributed by atoms with van der Waals surface area (Å²) in [5.74, 6) is -0.343. The highest BCUT2D eigenvalue weighted by Gasteiger charge is 2.27. The Balaban J connectivity index is 1.78. The van der Waals surface area contributed by atoms with Gasteiger partial charge in [-0.25, -0.2) is 0 Å². The molecule has 2 heterocycles. The van der Waals surface area contributed by atoms with Gasteiger partial charge < -0.3 is 16.6 Å². The van der Waals surface area contributed by atoms with E-state index in [9.17, 15) is 9.90 Å². The molecule has 0 saturated carbocycles. The quantitative estimate of drug-likeness (QED) is 0.600. The summed E-state index contributed by atoms with van der Waals surface area (Å²) in [5, 5.41) is 14.0. The van der Waals surface area contributed by atoms with E-state index in [0.29, 0.717) is 25.3 Å². The van der Waals surface area contributed by atoms with Gasteiger partial charge in [0.05, 0.1) is 30.5 Å². The van der Waals surface area contributed by atoms with Crippen molar-refractivity contribution in [1.82, 2.24) is 14.7 Å². The fraction of sp³-hybridized carbons (Fsp3) is 0.636. The molecule has 2 unspecified atom stereocenters. The van der Waals surface area contributed by atoms with Crippen molar-refractivity contribution in [2.75, 3.05) is 25.4 Å². The van der Waals surface area contributed by atoms with Crippen molar-refractivity contribution in [1.29, 1.82) is 0 Å². The van der Waals surface area contributed by atoms with E-state index in [4.69, 9.17) is 11.5 Å². The summed E-state index contributed by atoms with van der Waals surface area (Å²) in [5.41, 5.74) is 11.4. The lowest BCUT2D eigenvalue weighted by molar-refractivity contribution is -0.121. The van der Waals surface area contributed by atoms with E-state index < -0.39 is 6.10 Å². The minimum Gasteiger partial charge on any atom is -0.396 e. The molecule has 0 aromatic carbocycles. The Morgan fingerprint density at radius 2 is 2.39 bits per heavy atom. The molecule has 7 nitrogen and oxygen atoms in total. The number of β-amino-alcohol motifs (C(OH)–C–C–N with tert-alkyl or cyclic N) is 1. The Labute approximate surface area is 105 Å². The van der Waals surface area contributed by atoms with Gasteiger partial charge in [-0.2, -0.15) is 5.10 Å². The third-order valence-electron chi connectivity index (χ3n) is 3.19. The van der Waals surface area contributed by atoms with E-state index in [0.717, 1.165) is 13.0 Å². The Morgan fingerprint density at radius 3 is 2.94 bits per heavy atom. The minimum atomic E-state index is -0.532. The molecule has 1 aromatic heterocycles. The predicted octanol–water partition coefficient (Wildman–Crippen LogP) is -1.37. The second-order valence-electron chi connectivity index (χ2n) is 4.80. The average Bonchev–Trinajstić information content (AvgIpc) is 2.88. The SMILES string of the molecule is NC(=O)C1CCN(CC(O)Cn2cc(N)cn2)C1. The van der Waals surface area contributed by atoms with E-state index in [2.05, 4.69) is 5.10 Å². The van der Waals surface area contributed by atoms with Gasteiger partial charge in [-0.1, -0.05) is 0 Å². The van der Waals surface area contributed by atoms with E-state index in [-0.39, 0.29) is 11.8 Å². The molecular formula is C11H19N5O2. The molecule has 5 N–H and O–H groups in total. The van der Waals surface area contributed by atoms with Crippen molar-refractivity contribution in [3.8, 4) is 0 Å². The molecule has 0 bridgehead atoms. The fourth-order valence-electron chi connectivity index (χ4n) is 2.28. The number of hydrogen-bond acceptors (Lipinski definition) is 5. The summed E-state index contributed by atoms with van der Waals surface area (Å²) < 4.78 is 1.61. The van der Waals surface area contributed by atoms with Crippen molar-refractivity contribution < 1.29 is 9.90 Å². The van der Waals surface area contributed by atoms with Crippen LogP contribution in [0, 0.1) is 5.92 Å². The number of nitrogen functional groups attached to an aromatic ring is 1. The van der Waals surface area contributed by atoms with Crippen LogP contribution < -0.4 is 11.5 Å². The molecule has 1 saturated heterocycles. The molecule has 18 heavy (non-hydrogen) atoms. The van der Waals surface area contributed by atoms with Crippen molar-refractivity contribution >= 4 is 11.6 Å². The monoisotopic (exact) mass is 253 g/mol. The molecule has 1 aromatic rings. The molecule has 7 heteroatoms. The first-order valence-electron chi connectivity index (χ1n) is 6.02. The highest BCUT2D eigenvalue weighted by atomic mass is 16.3. The number of aliphatic hydroxyl groups is 1. The number of aliphatic hydroxyl groups excluding tert-OH is 1. The van der Waals surface area contributed by atoms with Crippen LogP contribution in [0.1, 0.15) is 6.42 Å². The number of anilines is 1. The lowest BCUT2D eigenvalue weighted by Crippen LogP contribution is -2.34. The third kappa shape index (κ3) is 3.21. The maximum atomic E-state index is 11.0. The van der Waals surface area contributed by atoms with Crippen molar-refractivity contribution in [3.63, 3.8) is 0 Å². The summed E-state index contributed by atoms with van der Waals surface area (Å²) >= 11 is 0. The molecule has 100 valence electrons. The lowest BCUT2D eigenvalue weighted by Gasteiger charge is -2.19. The van der Waals surface area contributed by atoms with Crippen LogP contribution in [-0.4, -0.2) is 51.4 Å². The van der Waals surface area contributed by atoms with Gasteiger partial charge >= 0.3 is 0 Å². The number of aromatic nitrogens is 2. The van der Waals surface area contributed by atoms with Crippen molar-refractivity contribution in [2.45, 2.75) is 19.1 Å². The number of rotatable bonds is 5.